The van der Waals surface area contributed by atoms with Crippen molar-refractivity contribution in [1.29, 1.82) is 0 Å². The predicted molar refractivity (Wildman–Crippen MR) is 81.4 cm³/mol. The summed E-state index contributed by atoms with van der Waals surface area (Å²) in [5, 5.41) is 3.42. The van der Waals surface area contributed by atoms with Crippen molar-refractivity contribution in [3.63, 3.8) is 0 Å². The van der Waals surface area contributed by atoms with Gasteiger partial charge in [-0.15, -0.1) is 0 Å². The Kier molecular flexibility index (Phi) is 5.11. The monoisotopic (exact) mass is 265 g/mol. The molecule has 108 valence electrons. The Balaban J connectivity index is 2.80. The molecular weight excluding hydrogens is 238 g/mol. The minimum Gasteiger partial charge on any atom is -0.383 e. The number of aryl methyl sites for hydroxylation is 1. The molecule has 1 rings (SSSR count). The van der Waals surface area contributed by atoms with Crippen LogP contribution < -0.4 is 11.1 Å². The molecule has 0 aliphatic heterocycles. The number of aromatic nitrogens is 2. The van der Waals surface area contributed by atoms with Gasteiger partial charge in [0, 0.05) is 25.1 Å². The number of nitrogens with zero attached hydrogens (tertiary/aromatic N) is 3. The van der Waals surface area contributed by atoms with E-state index in [1.54, 1.807) is 0 Å². The molecule has 0 aliphatic rings. The van der Waals surface area contributed by atoms with Crippen LogP contribution in [-0.2, 0) is 6.42 Å². The van der Waals surface area contributed by atoms with Crippen molar-refractivity contribution in [3.8, 4) is 0 Å². The second kappa shape index (κ2) is 6.19. The summed E-state index contributed by atoms with van der Waals surface area (Å²) in [4.78, 5) is 11.0. The quantitative estimate of drug-likeness (QED) is 0.822. The Morgan fingerprint density at radius 3 is 2.42 bits per heavy atom. The zero-order valence-electron chi connectivity index (χ0n) is 13.0. The van der Waals surface area contributed by atoms with Gasteiger partial charge in [-0.2, -0.15) is 0 Å². The van der Waals surface area contributed by atoms with E-state index in [0.717, 1.165) is 36.7 Å². The number of nitrogens with two attached hydrogens (primary N) is 1. The molecule has 0 bridgehead atoms. The second-order valence-corrected chi connectivity index (χ2v) is 6.11. The smallest absolute Gasteiger partial charge is 0.134 e. The van der Waals surface area contributed by atoms with Crippen LogP contribution in [0.15, 0.2) is 0 Å². The number of hydrogen-bond acceptors (Lipinski definition) is 5. The van der Waals surface area contributed by atoms with Crippen molar-refractivity contribution in [1.82, 2.24) is 14.9 Å². The van der Waals surface area contributed by atoms with Crippen LogP contribution in [-0.4, -0.2) is 42.1 Å². The highest BCUT2D eigenvalue weighted by Crippen LogP contribution is 2.21. The zero-order valence-corrected chi connectivity index (χ0v) is 13.0. The first-order valence-corrected chi connectivity index (χ1v) is 6.77. The molecule has 0 saturated heterocycles. The molecule has 0 fully saturated rings. The average molecular weight is 265 g/mol. The van der Waals surface area contributed by atoms with Crippen LogP contribution >= 0.6 is 0 Å². The van der Waals surface area contributed by atoms with Gasteiger partial charge >= 0.3 is 0 Å². The van der Waals surface area contributed by atoms with Crippen LogP contribution in [0.5, 0.6) is 0 Å². The van der Waals surface area contributed by atoms with Gasteiger partial charge in [0.15, 0.2) is 0 Å². The van der Waals surface area contributed by atoms with Gasteiger partial charge in [-0.25, -0.2) is 9.97 Å². The lowest BCUT2D eigenvalue weighted by atomic mass is 9.93. The summed E-state index contributed by atoms with van der Waals surface area (Å²) >= 11 is 0. The average Bonchev–Trinajstić information content (AvgIpc) is 2.29. The highest BCUT2D eigenvalue weighted by atomic mass is 15.1. The maximum atomic E-state index is 5.92. The third-order valence-electron chi connectivity index (χ3n) is 3.02. The summed E-state index contributed by atoms with van der Waals surface area (Å²) in [5.41, 5.74) is 7.01. The van der Waals surface area contributed by atoms with Crippen LogP contribution in [0.1, 0.15) is 32.2 Å². The van der Waals surface area contributed by atoms with Crippen LogP contribution in [0.4, 0.5) is 11.6 Å². The van der Waals surface area contributed by atoms with Gasteiger partial charge in [0.2, 0.25) is 0 Å². The summed E-state index contributed by atoms with van der Waals surface area (Å²) < 4.78 is 0. The van der Waals surface area contributed by atoms with Crippen LogP contribution in [0.3, 0.4) is 0 Å². The predicted octanol–water partition coefficient (Wildman–Crippen LogP) is 1.93. The Morgan fingerprint density at radius 2 is 1.89 bits per heavy atom. The van der Waals surface area contributed by atoms with Gasteiger partial charge in [-0.3, -0.25) is 0 Å². The van der Waals surface area contributed by atoms with E-state index in [1.807, 2.05) is 13.8 Å². The number of anilines is 2. The molecule has 3 N–H and O–H groups in total. The number of nitrogens with one attached hydrogen (secondary N) is 1. The Morgan fingerprint density at radius 1 is 1.26 bits per heavy atom. The molecule has 1 aromatic heterocycles. The molecule has 0 atom stereocenters. The van der Waals surface area contributed by atoms with Crippen LogP contribution in [0, 0.1) is 12.3 Å². The molecule has 0 unspecified atom stereocenters. The lowest BCUT2D eigenvalue weighted by Gasteiger charge is -2.29. The highest BCUT2D eigenvalue weighted by molar-refractivity contribution is 5.54. The maximum absolute atomic E-state index is 5.92. The standard InChI is InChI=1S/C14H27N5/c1-7-11-17-12(15)10(2)13(18-11)16-8-14(3,4)9-19(5)6/h7-9H2,1-6H3,(H3,15,16,17,18). The highest BCUT2D eigenvalue weighted by Gasteiger charge is 2.19. The van der Waals surface area contributed by atoms with Crippen molar-refractivity contribution in [2.24, 2.45) is 5.41 Å². The van der Waals surface area contributed by atoms with E-state index < -0.39 is 0 Å². The fourth-order valence-electron chi connectivity index (χ4n) is 2.15. The van der Waals surface area contributed by atoms with Gasteiger partial charge in [0.1, 0.15) is 17.5 Å². The van der Waals surface area contributed by atoms with Crippen molar-refractivity contribution in [2.75, 3.05) is 38.2 Å². The molecule has 0 amide bonds. The zero-order chi connectivity index (χ0) is 14.6. The third kappa shape index (κ3) is 4.67. The van der Waals surface area contributed by atoms with Crippen LogP contribution in [0.2, 0.25) is 0 Å². The molecule has 0 radical (unpaired) electrons. The summed E-state index contributed by atoms with van der Waals surface area (Å²) in [7, 11) is 4.18. The lowest BCUT2D eigenvalue weighted by molar-refractivity contribution is 0.254. The molecular formula is C14H27N5. The third-order valence-corrected chi connectivity index (χ3v) is 3.02. The first-order chi connectivity index (χ1) is 8.75. The van der Waals surface area contributed by atoms with E-state index in [-0.39, 0.29) is 5.41 Å². The van der Waals surface area contributed by atoms with Gasteiger partial charge < -0.3 is 16.0 Å². The minimum absolute atomic E-state index is 0.169. The summed E-state index contributed by atoms with van der Waals surface area (Å²) in [6.45, 7) is 10.3. The molecule has 0 aromatic carbocycles. The first-order valence-electron chi connectivity index (χ1n) is 6.77. The van der Waals surface area contributed by atoms with Gasteiger partial charge in [-0.05, 0) is 26.4 Å². The summed E-state index contributed by atoms with van der Waals surface area (Å²) in [6, 6.07) is 0. The topological polar surface area (TPSA) is 67.1 Å². The summed E-state index contributed by atoms with van der Waals surface area (Å²) in [5.74, 6) is 2.21. The van der Waals surface area contributed by atoms with E-state index in [1.165, 1.54) is 0 Å². The molecule has 19 heavy (non-hydrogen) atoms. The number of nitrogen functional groups attached to an aromatic ring is 1. The molecule has 5 nitrogen and oxygen atoms in total. The Bertz CT molecular complexity index is 426. The van der Waals surface area contributed by atoms with Crippen molar-refractivity contribution in [2.45, 2.75) is 34.1 Å². The largest absolute Gasteiger partial charge is 0.383 e. The SMILES string of the molecule is CCc1nc(N)c(C)c(NCC(C)(C)CN(C)C)n1. The van der Waals surface area contributed by atoms with E-state index in [9.17, 15) is 0 Å². The first kappa shape index (κ1) is 15.7. The van der Waals surface area contributed by atoms with Crippen molar-refractivity contribution in [3.05, 3.63) is 11.4 Å². The Labute approximate surface area is 116 Å². The fourth-order valence-corrected chi connectivity index (χ4v) is 2.15. The molecule has 1 aromatic rings. The van der Waals surface area contributed by atoms with Crippen molar-refractivity contribution >= 4 is 11.6 Å². The van der Waals surface area contributed by atoms with E-state index in [4.69, 9.17) is 5.73 Å². The lowest BCUT2D eigenvalue weighted by Crippen LogP contribution is -2.34. The molecule has 0 saturated carbocycles. The second-order valence-electron chi connectivity index (χ2n) is 6.11. The minimum atomic E-state index is 0.169. The molecule has 5 heteroatoms. The van der Waals surface area contributed by atoms with E-state index >= 15 is 0 Å². The number of hydrogen-bond donors (Lipinski definition) is 2. The van der Waals surface area contributed by atoms with E-state index in [0.29, 0.717) is 5.82 Å². The van der Waals surface area contributed by atoms with Gasteiger partial charge in [0.25, 0.3) is 0 Å². The maximum Gasteiger partial charge on any atom is 0.134 e. The fraction of sp³-hybridized carbons (Fsp3) is 0.714. The van der Waals surface area contributed by atoms with Gasteiger partial charge in [0.05, 0.1) is 0 Å². The molecule has 1 heterocycles. The molecule has 0 aliphatic carbocycles. The Hall–Kier alpha value is -1.36. The number of rotatable bonds is 6. The van der Waals surface area contributed by atoms with Crippen molar-refractivity contribution < 1.29 is 0 Å². The van der Waals surface area contributed by atoms with Crippen LogP contribution in [0.25, 0.3) is 0 Å². The van der Waals surface area contributed by atoms with Gasteiger partial charge in [-0.1, -0.05) is 20.8 Å². The summed E-state index contributed by atoms with van der Waals surface area (Å²) in [6.07, 6.45) is 0.792. The normalized spacial score (nSPS) is 11.9. The molecule has 0 spiro atoms. The van der Waals surface area contributed by atoms with E-state index in [2.05, 4.69) is 48.1 Å².